The Kier molecular flexibility index (Phi) is 5.43. The lowest BCUT2D eigenvalue weighted by Gasteiger charge is -2.34. The first-order chi connectivity index (χ1) is 10.4. The first-order valence-corrected chi connectivity index (χ1v) is 8.70. The third-order valence-electron chi connectivity index (χ3n) is 3.75. The maximum absolute atomic E-state index is 11.6. The molecule has 0 radical (unpaired) electrons. The Morgan fingerprint density at radius 3 is 2.82 bits per heavy atom. The Morgan fingerprint density at radius 1 is 1.55 bits per heavy atom. The highest BCUT2D eigenvalue weighted by Gasteiger charge is 2.40. The van der Waals surface area contributed by atoms with Gasteiger partial charge in [-0.25, -0.2) is 10.1 Å². The Hall–Kier alpha value is -1.16. The molecule has 0 aliphatic heterocycles. The molecular formula is C11H15N3O6S2. The van der Waals surface area contributed by atoms with Gasteiger partial charge >= 0.3 is 0 Å². The number of rotatable bonds is 5. The van der Waals surface area contributed by atoms with Crippen molar-refractivity contribution >= 4 is 27.8 Å². The summed E-state index contributed by atoms with van der Waals surface area (Å²) in [5, 5.41) is 14.7. The molecule has 1 aliphatic carbocycles. The van der Waals surface area contributed by atoms with Crippen LogP contribution in [0.4, 0.5) is 5.69 Å². The molecule has 3 unspecified atom stereocenters. The third kappa shape index (κ3) is 3.60. The highest BCUT2D eigenvalue weighted by Crippen LogP contribution is 2.39. The van der Waals surface area contributed by atoms with Crippen molar-refractivity contribution in [2.24, 2.45) is 0 Å². The smallest absolute Gasteiger partial charge is 0.269 e. The average molecular weight is 349 g/mol. The minimum Gasteiger partial charge on any atom is -0.285 e. The van der Waals surface area contributed by atoms with Gasteiger partial charge in [-0.05, 0) is 26.2 Å². The molecule has 1 fully saturated rings. The minimum atomic E-state index is -4.25. The molecule has 2 rings (SSSR count). The SMILES string of the molecule is [C-]#[N+]c1cnn(C2CC(SOOO)CCC2S(=O)(=O)O)c1C. The molecule has 11 heteroatoms. The van der Waals surface area contributed by atoms with Crippen LogP contribution >= 0.6 is 12.0 Å². The molecule has 0 amide bonds. The average Bonchev–Trinajstić information content (AvgIpc) is 2.84. The van der Waals surface area contributed by atoms with Crippen molar-refractivity contribution in [2.45, 2.75) is 42.7 Å². The second-order valence-corrected chi connectivity index (χ2v) is 7.60. The van der Waals surface area contributed by atoms with E-state index in [1.165, 1.54) is 10.9 Å². The molecule has 0 bridgehead atoms. The zero-order valence-electron chi connectivity index (χ0n) is 11.6. The van der Waals surface area contributed by atoms with E-state index in [1.807, 2.05) is 0 Å². The zero-order chi connectivity index (χ0) is 16.3. The van der Waals surface area contributed by atoms with E-state index in [0.29, 0.717) is 24.2 Å². The molecular weight excluding hydrogens is 334 g/mol. The predicted octanol–water partition coefficient (Wildman–Crippen LogP) is 2.16. The van der Waals surface area contributed by atoms with Crippen LogP contribution in [0.25, 0.3) is 4.85 Å². The topological polar surface area (TPSA) is 115 Å². The van der Waals surface area contributed by atoms with E-state index in [1.54, 1.807) is 6.92 Å². The lowest BCUT2D eigenvalue weighted by Crippen LogP contribution is -2.38. The summed E-state index contributed by atoms with van der Waals surface area (Å²) in [5.74, 6) is 0. The highest BCUT2D eigenvalue weighted by molar-refractivity contribution is 7.95. The van der Waals surface area contributed by atoms with Crippen LogP contribution in [0.15, 0.2) is 6.20 Å². The number of hydrogen-bond donors (Lipinski definition) is 2. The summed E-state index contributed by atoms with van der Waals surface area (Å²) in [4.78, 5) is 3.31. The van der Waals surface area contributed by atoms with E-state index in [4.69, 9.17) is 11.8 Å². The molecule has 9 nitrogen and oxygen atoms in total. The Balaban J connectivity index is 2.31. The van der Waals surface area contributed by atoms with Gasteiger partial charge in [0.1, 0.15) is 5.25 Å². The van der Waals surface area contributed by atoms with Crippen LogP contribution in [-0.4, -0.2) is 38.5 Å². The van der Waals surface area contributed by atoms with E-state index in [9.17, 15) is 13.0 Å². The van der Waals surface area contributed by atoms with Crippen LogP contribution < -0.4 is 0 Å². The van der Waals surface area contributed by atoms with Gasteiger partial charge in [-0.3, -0.25) is 9.23 Å². The van der Waals surface area contributed by atoms with Crippen LogP contribution in [0.2, 0.25) is 0 Å². The van der Waals surface area contributed by atoms with E-state index in [-0.39, 0.29) is 11.7 Å². The monoisotopic (exact) mass is 349 g/mol. The van der Waals surface area contributed by atoms with Gasteiger partial charge in [0.25, 0.3) is 10.1 Å². The number of aromatic nitrogens is 2. The molecule has 0 aromatic carbocycles. The lowest BCUT2D eigenvalue weighted by atomic mass is 9.94. The van der Waals surface area contributed by atoms with Gasteiger partial charge in [0, 0.05) is 23.0 Å². The van der Waals surface area contributed by atoms with E-state index < -0.39 is 21.4 Å². The van der Waals surface area contributed by atoms with Crippen LogP contribution in [0, 0.1) is 13.5 Å². The molecule has 1 aromatic rings. The van der Waals surface area contributed by atoms with Gasteiger partial charge in [-0.1, -0.05) is 5.04 Å². The molecule has 2 N–H and O–H groups in total. The van der Waals surface area contributed by atoms with Crippen molar-refractivity contribution in [2.75, 3.05) is 0 Å². The van der Waals surface area contributed by atoms with Gasteiger partial charge in [-0.15, -0.1) is 4.33 Å². The fourth-order valence-electron chi connectivity index (χ4n) is 2.71. The largest absolute Gasteiger partial charge is 0.285 e. The van der Waals surface area contributed by atoms with Gasteiger partial charge < -0.3 is 0 Å². The summed E-state index contributed by atoms with van der Waals surface area (Å²) < 4.78 is 38.6. The summed E-state index contributed by atoms with van der Waals surface area (Å²) in [5.41, 5.74) is 0.873. The number of hydrogen-bond acceptors (Lipinski definition) is 7. The third-order valence-corrected chi connectivity index (χ3v) is 5.90. The quantitative estimate of drug-likeness (QED) is 0.273. The van der Waals surface area contributed by atoms with Crippen molar-refractivity contribution in [3.05, 3.63) is 23.3 Å². The van der Waals surface area contributed by atoms with E-state index in [2.05, 4.69) is 19.3 Å². The first-order valence-electron chi connectivity index (χ1n) is 6.40. The molecule has 1 aromatic heterocycles. The molecule has 1 heterocycles. The molecule has 0 spiro atoms. The fraction of sp³-hybridized carbons (Fsp3) is 0.636. The summed E-state index contributed by atoms with van der Waals surface area (Å²) in [6, 6.07) is -0.626. The fourth-order valence-corrected chi connectivity index (χ4v) is 4.42. The summed E-state index contributed by atoms with van der Waals surface area (Å²) in [6.45, 7) is 8.72. The van der Waals surface area contributed by atoms with E-state index >= 15 is 0 Å². The molecule has 122 valence electrons. The molecule has 0 saturated heterocycles. The van der Waals surface area contributed by atoms with Gasteiger partial charge in [-0.2, -0.15) is 13.5 Å². The van der Waals surface area contributed by atoms with Crippen molar-refractivity contribution in [1.29, 1.82) is 0 Å². The second kappa shape index (κ2) is 6.95. The zero-order valence-corrected chi connectivity index (χ0v) is 13.2. The summed E-state index contributed by atoms with van der Waals surface area (Å²) in [7, 11) is -4.25. The molecule has 1 aliphatic rings. The predicted molar refractivity (Wildman–Crippen MR) is 77.6 cm³/mol. The summed E-state index contributed by atoms with van der Waals surface area (Å²) >= 11 is 0.877. The first kappa shape index (κ1) is 17.2. The van der Waals surface area contributed by atoms with Crippen LogP contribution in [0.5, 0.6) is 0 Å². The lowest BCUT2D eigenvalue weighted by molar-refractivity contribution is -0.432. The standard InChI is InChI=1S/C11H15N3O6S2/c1-7-9(12-2)6-13-14(7)10-5-8(21-20-19-15)3-4-11(10)22(16,17)18/h6,8,10-11,15H,3-5H2,1H3,(H,16,17,18). The number of nitrogens with zero attached hydrogens (tertiary/aromatic N) is 3. The Morgan fingerprint density at radius 2 is 2.27 bits per heavy atom. The summed E-state index contributed by atoms with van der Waals surface area (Å²) in [6.07, 6.45) is 2.37. The maximum Gasteiger partial charge on any atom is 0.269 e. The second-order valence-electron chi connectivity index (χ2n) is 4.97. The van der Waals surface area contributed by atoms with Gasteiger partial charge in [0.15, 0.2) is 0 Å². The molecule has 3 atom stereocenters. The molecule has 1 saturated carbocycles. The van der Waals surface area contributed by atoms with Crippen molar-refractivity contribution in [3.8, 4) is 0 Å². The highest BCUT2D eigenvalue weighted by atomic mass is 32.2. The van der Waals surface area contributed by atoms with Crippen LogP contribution in [0.1, 0.15) is 31.0 Å². The maximum atomic E-state index is 11.6. The van der Waals surface area contributed by atoms with Crippen molar-refractivity contribution in [1.82, 2.24) is 9.78 Å². The van der Waals surface area contributed by atoms with Crippen molar-refractivity contribution < 1.29 is 27.6 Å². The van der Waals surface area contributed by atoms with Crippen LogP contribution in [-0.2, 0) is 19.5 Å². The Bertz CT molecular complexity index is 668. The van der Waals surface area contributed by atoms with Gasteiger partial charge in [0.2, 0.25) is 5.69 Å². The minimum absolute atomic E-state index is 0.143. The Labute approximate surface area is 131 Å². The van der Waals surface area contributed by atoms with E-state index in [0.717, 1.165) is 12.0 Å². The van der Waals surface area contributed by atoms with Gasteiger partial charge in [0.05, 0.1) is 18.8 Å². The normalized spacial score (nSPS) is 25.8. The van der Waals surface area contributed by atoms with Crippen LogP contribution in [0.3, 0.4) is 0 Å². The molecule has 22 heavy (non-hydrogen) atoms. The van der Waals surface area contributed by atoms with Crippen molar-refractivity contribution in [3.63, 3.8) is 0 Å².